The molecule has 0 atom stereocenters. The quantitative estimate of drug-likeness (QED) is 0.147. The Kier molecular flexibility index (Phi) is 8.50. The molecular formula is C36H34N4O4. The first kappa shape index (κ1) is 28.9. The molecule has 4 aromatic carbocycles. The summed E-state index contributed by atoms with van der Waals surface area (Å²) in [5.74, 6) is 1.07. The van der Waals surface area contributed by atoms with Crippen molar-refractivity contribution < 1.29 is 18.4 Å². The average Bonchev–Trinajstić information content (AvgIpc) is 3.63. The zero-order chi connectivity index (χ0) is 30.5. The molecule has 0 fully saturated rings. The molecule has 0 spiro atoms. The van der Waals surface area contributed by atoms with Gasteiger partial charge in [0.05, 0.1) is 0 Å². The molecule has 2 heterocycles. The number of carbonyl (C=O) groups is 2. The van der Waals surface area contributed by atoms with Gasteiger partial charge in [0.25, 0.3) is 0 Å². The van der Waals surface area contributed by atoms with Gasteiger partial charge in [-0.1, -0.05) is 25.0 Å². The monoisotopic (exact) mass is 586 g/mol. The molecule has 6 aromatic rings. The predicted octanol–water partition coefficient (Wildman–Crippen LogP) is 8.84. The number of hydrogen-bond donors (Lipinski definition) is 2. The van der Waals surface area contributed by atoms with Crippen LogP contribution in [0.2, 0.25) is 0 Å². The van der Waals surface area contributed by atoms with Crippen LogP contribution < -0.4 is 10.6 Å². The number of rotatable bonds is 11. The van der Waals surface area contributed by atoms with E-state index >= 15 is 0 Å². The number of fused-ring (bicyclic) bond motifs is 2. The van der Waals surface area contributed by atoms with Gasteiger partial charge in [0.1, 0.15) is 11.0 Å². The van der Waals surface area contributed by atoms with E-state index in [0.29, 0.717) is 24.6 Å². The van der Waals surface area contributed by atoms with Crippen LogP contribution >= 0.6 is 0 Å². The maximum Gasteiger partial charge on any atom is 0.227 e. The lowest BCUT2D eigenvalue weighted by atomic mass is 10.1. The number of aromatic nitrogens is 2. The summed E-state index contributed by atoms with van der Waals surface area (Å²) in [7, 11) is 0. The number of oxazole rings is 2. The Labute approximate surface area is 255 Å². The van der Waals surface area contributed by atoms with E-state index in [9.17, 15) is 9.59 Å². The zero-order valence-electron chi connectivity index (χ0n) is 24.9. The van der Waals surface area contributed by atoms with E-state index in [0.717, 1.165) is 81.5 Å². The molecule has 0 radical (unpaired) electrons. The molecular weight excluding hydrogens is 552 g/mol. The molecule has 2 N–H and O–H groups in total. The van der Waals surface area contributed by atoms with Gasteiger partial charge < -0.3 is 19.5 Å². The molecule has 0 unspecified atom stereocenters. The van der Waals surface area contributed by atoms with Crippen LogP contribution in [-0.2, 0) is 9.59 Å². The van der Waals surface area contributed by atoms with Crippen molar-refractivity contribution in [1.82, 2.24) is 9.97 Å². The van der Waals surface area contributed by atoms with E-state index in [1.165, 1.54) is 0 Å². The summed E-state index contributed by atoms with van der Waals surface area (Å²) in [6.07, 6.45) is 4.18. The highest BCUT2D eigenvalue weighted by molar-refractivity contribution is 5.91. The van der Waals surface area contributed by atoms with E-state index < -0.39 is 0 Å². The minimum atomic E-state index is -0.0239. The molecule has 8 nitrogen and oxygen atoms in total. The second-order valence-electron chi connectivity index (χ2n) is 11.1. The van der Waals surface area contributed by atoms with Crippen molar-refractivity contribution in [3.63, 3.8) is 0 Å². The highest BCUT2D eigenvalue weighted by Gasteiger charge is 2.11. The van der Waals surface area contributed by atoms with E-state index in [-0.39, 0.29) is 11.8 Å². The molecule has 0 aliphatic carbocycles. The number of benzene rings is 4. The molecule has 0 saturated carbocycles. The zero-order valence-corrected chi connectivity index (χ0v) is 24.9. The second-order valence-corrected chi connectivity index (χ2v) is 11.1. The Morgan fingerprint density at radius 3 is 1.39 bits per heavy atom. The lowest BCUT2D eigenvalue weighted by molar-refractivity contribution is -0.117. The van der Waals surface area contributed by atoms with Crippen LogP contribution in [0.1, 0.15) is 49.7 Å². The normalized spacial score (nSPS) is 11.2. The number of nitrogens with zero attached hydrogens (tertiary/aromatic N) is 2. The van der Waals surface area contributed by atoms with Gasteiger partial charge in [-0.05, 0) is 111 Å². The van der Waals surface area contributed by atoms with Crippen LogP contribution in [0.5, 0.6) is 0 Å². The summed E-state index contributed by atoms with van der Waals surface area (Å²) in [5.41, 5.74) is 8.61. The predicted molar refractivity (Wildman–Crippen MR) is 173 cm³/mol. The summed E-state index contributed by atoms with van der Waals surface area (Å²) in [6.45, 7) is 4.05. The first-order chi connectivity index (χ1) is 21.4. The number of nitrogens with one attached hydrogen (secondary N) is 2. The van der Waals surface area contributed by atoms with E-state index in [4.69, 9.17) is 8.83 Å². The molecule has 222 valence electrons. The molecule has 6 rings (SSSR count). The fraction of sp³-hybridized carbons (Fsp3) is 0.222. The Morgan fingerprint density at radius 1 is 0.568 bits per heavy atom. The van der Waals surface area contributed by atoms with Crippen molar-refractivity contribution in [3.8, 4) is 22.9 Å². The summed E-state index contributed by atoms with van der Waals surface area (Å²) < 4.78 is 11.7. The van der Waals surface area contributed by atoms with Gasteiger partial charge in [0.2, 0.25) is 23.6 Å². The number of hydrogen-bond acceptors (Lipinski definition) is 6. The molecule has 8 heteroatoms. The Bertz CT molecular complexity index is 1780. The molecule has 0 saturated heterocycles. The minimum absolute atomic E-state index is 0.0239. The van der Waals surface area contributed by atoms with E-state index in [1.54, 1.807) is 0 Å². The second kappa shape index (κ2) is 13.0. The third kappa shape index (κ3) is 7.03. The maximum atomic E-state index is 12.4. The number of anilines is 2. The largest absolute Gasteiger partial charge is 0.436 e. The number of carbonyl (C=O) groups excluding carboxylic acids is 2. The molecule has 0 aliphatic rings. The lowest BCUT2D eigenvalue weighted by Gasteiger charge is -2.07. The summed E-state index contributed by atoms with van der Waals surface area (Å²) in [5, 5.41) is 5.90. The highest BCUT2D eigenvalue weighted by Crippen LogP contribution is 2.27. The number of unbranched alkanes of at least 4 members (excludes halogenated alkanes) is 3. The van der Waals surface area contributed by atoms with Crippen LogP contribution in [0.3, 0.4) is 0 Å². The fourth-order valence-electron chi connectivity index (χ4n) is 5.09. The van der Waals surface area contributed by atoms with Crippen molar-refractivity contribution >= 4 is 45.4 Å². The SMILES string of the molecule is Cc1ccc2oc(-c3ccc(NC(=O)CCCCCCC(=O)Nc4ccc(-c5nc6cc(C)ccc6o5)cc4)cc3)nc2c1. The molecule has 0 aliphatic heterocycles. The van der Waals surface area contributed by atoms with Crippen molar-refractivity contribution in [2.24, 2.45) is 0 Å². The summed E-state index contributed by atoms with van der Waals surface area (Å²) >= 11 is 0. The van der Waals surface area contributed by atoms with E-state index in [1.807, 2.05) is 98.8 Å². The Balaban J connectivity index is 0.878. The Hall–Kier alpha value is -5.24. The lowest BCUT2D eigenvalue weighted by Crippen LogP contribution is -2.11. The molecule has 0 bridgehead atoms. The number of amides is 2. The molecule has 2 aromatic heterocycles. The summed E-state index contributed by atoms with van der Waals surface area (Å²) in [4.78, 5) is 34.0. The van der Waals surface area contributed by atoms with Gasteiger partial charge in [-0.3, -0.25) is 9.59 Å². The smallest absolute Gasteiger partial charge is 0.227 e. The van der Waals surface area contributed by atoms with Crippen molar-refractivity contribution in [1.29, 1.82) is 0 Å². The van der Waals surface area contributed by atoms with Crippen LogP contribution in [0.4, 0.5) is 11.4 Å². The van der Waals surface area contributed by atoms with Crippen molar-refractivity contribution in [2.45, 2.75) is 52.4 Å². The number of aryl methyl sites for hydroxylation is 2. The Morgan fingerprint density at radius 2 is 0.977 bits per heavy atom. The summed E-state index contributed by atoms with van der Waals surface area (Å²) in [6, 6.07) is 26.8. The van der Waals surface area contributed by atoms with Crippen LogP contribution in [0.25, 0.3) is 45.1 Å². The highest BCUT2D eigenvalue weighted by atomic mass is 16.4. The van der Waals surface area contributed by atoms with Crippen LogP contribution in [0.15, 0.2) is 93.8 Å². The van der Waals surface area contributed by atoms with Gasteiger partial charge in [0, 0.05) is 35.3 Å². The first-order valence-electron chi connectivity index (χ1n) is 14.9. The van der Waals surface area contributed by atoms with Crippen LogP contribution in [-0.4, -0.2) is 21.8 Å². The maximum absolute atomic E-state index is 12.4. The first-order valence-corrected chi connectivity index (χ1v) is 14.9. The fourth-order valence-corrected chi connectivity index (χ4v) is 5.09. The van der Waals surface area contributed by atoms with Gasteiger partial charge in [0.15, 0.2) is 11.2 Å². The van der Waals surface area contributed by atoms with E-state index in [2.05, 4.69) is 20.6 Å². The van der Waals surface area contributed by atoms with Gasteiger partial charge in [-0.25, -0.2) is 9.97 Å². The molecule has 44 heavy (non-hydrogen) atoms. The van der Waals surface area contributed by atoms with Crippen LogP contribution in [0, 0.1) is 13.8 Å². The van der Waals surface area contributed by atoms with Crippen molar-refractivity contribution in [2.75, 3.05) is 10.6 Å². The topological polar surface area (TPSA) is 110 Å². The standard InChI is InChI=1S/C36H34N4O4/c1-23-9-19-31-29(21-23)39-35(43-31)25-11-15-27(16-12-25)37-33(41)7-5-3-4-6-8-34(42)38-28-17-13-26(14-18-28)36-40-30-22-24(2)10-20-32(30)44-36/h9-22H,3-8H2,1-2H3,(H,37,41)(H,38,42). The van der Waals surface area contributed by atoms with Crippen molar-refractivity contribution in [3.05, 3.63) is 96.1 Å². The van der Waals surface area contributed by atoms with Gasteiger partial charge >= 0.3 is 0 Å². The minimum Gasteiger partial charge on any atom is -0.436 e. The average molecular weight is 587 g/mol. The third-order valence-electron chi connectivity index (χ3n) is 7.48. The third-order valence-corrected chi connectivity index (χ3v) is 7.48. The van der Waals surface area contributed by atoms with Gasteiger partial charge in [-0.2, -0.15) is 0 Å². The van der Waals surface area contributed by atoms with Gasteiger partial charge in [-0.15, -0.1) is 0 Å². The molecule has 2 amide bonds.